The third-order valence-corrected chi connectivity index (χ3v) is 5.80. The van der Waals surface area contributed by atoms with Crippen molar-refractivity contribution in [1.82, 2.24) is 24.1 Å². The van der Waals surface area contributed by atoms with Gasteiger partial charge in [0.05, 0.1) is 12.1 Å². The second kappa shape index (κ2) is 9.15. The molecule has 36 heavy (non-hydrogen) atoms. The molecule has 1 atom stereocenters. The lowest BCUT2D eigenvalue weighted by Crippen LogP contribution is -2.30. The molecule has 5 aromatic rings. The van der Waals surface area contributed by atoms with Gasteiger partial charge in [-0.3, -0.25) is 18.9 Å². The summed E-state index contributed by atoms with van der Waals surface area (Å²) in [5, 5.41) is 30.0. The standard InChI is InChI=1S/C24H23N7O5/c1-13-7-3-6-10-17(13)36-12-14(32)11-31-19-20(30(2)24(35)27-22(19)34)26-23(31)29-28-18-15-8-4-5-9-16(15)25-21(18)33/h3-10,14,25,32-33H,11-12H2,1-2H3,(H,27,34,35). The number of para-hydroxylation sites is 2. The smallest absolute Gasteiger partial charge is 0.329 e. The summed E-state index contributed by atoms with van der Waals surface area (Å²) in [7, 11) is 1.46. The van der Waals surface area contributed by atoms with E-state index >= 15 is 0 Å². The lowest BCUT2D eigenvalue weighted by Gasteiger charge is -2.15. The summed E-state index contributed by atoms with van der Waals surface area (Å²) in [6, 6.07) is 14.6. The SMILES string of the molecule is Cc1ccccc1OCC(O)Cn1c(N=Nc2c(O)[nH]c3ccccc23)nc2c1c(=O)[nH]c(=O)n2C. The van der Waals surface area contributed by atoms with Crippen LogP contribution in [0.25, 0.3) is 22.1 Å². The summed E-state index contributed by atoms with van der Waals surface area (Å²) in [6.07, 6.45) is -1.05. The van der Waals surface area contributed by atoms with Gasteiger partial charge in [-0.2, -0.15) is 4.98 Å². The second-order valence-electron chi connectivity index (χ2n) is 8.31. The number of fused-ring (bicyclic) bond motifs is 2. The normalized spacial score (nSPS) is 12.6. The molecule has 0 bridgehead atoms. The van der Waals surface area contributed by atoms with Crippen molar-refractivity contribution in [3.05, 3.63) is 74.9 Å². The molecule has 0 spiro atoms. The maximum Gasteiger partial charge on any atom is 0.329 e. The van der Waals surface area contributed by atoms with Crippen molar-refractivity contribution in [3.8, 4) is 11.6 Å². The fourth-order valence-corrected chi connectivity index (χ4v) is 3.95. The average molecular weight is 489 g/mol. The topological polar surface area (TPSA) is 163 Å². The molecule has 0 aliphatic heterocycles. The predicted molar refractivity (Wildman–Crippen MR) is 132 cm³/mol. The van der Waals surface area contributed by atoms with E-state index in [4.69, 9.17) is 4.74 Å². The second-order valence-corrected chi connectivity index (χ2v) is 8.31. The Hall–Kier alpha value is -4.71. The molecule has 1 unspecified atom stereocenters. The number of nitrogens with zero attached hydrogens (tertiary/aromatic N) is 5. The van der Waals surface area contributed by atoms with E-state index in [0.29, 0.717) is 16.7 Å². The van der Waals surface area contributed by atoms with Gasteiger partial charge in [0.25, 0.3) is 11.5 Å². The van der Waals surface area contributed by atoms with E-state index in [9.17, 15) is 19.8 Å². The zero-order valence-corrected chi connectivity index (χ0v) is 19.5. The number of aromatic hydroxyl groups is 1. The van der Waals surface area contributed by atoms with Gasteiger partial charge in [0, 0.05) is 12.4 Å². The quantitative estimate of drug-likeness (QED) is 0.257. The van der Waals surface area contributed by atoms with Crippen molar-refractivity contribution in [2.45, 2.75) is 19.6 Å². The van der Waals surface area contributed by atoms with E-state index in [1.54, 1.807) is 24.3 Å². The summed E-state index contributed by atoms with van der Waals surface area (Å²) in [4.78, 5) is 34.2. The first-order valence-corrected chi connectivity index (χ1v) is 11.1. The van der Waals surface area contributed by atoms with Crippen molar-refractivity contribution < 1.29 is 14.9 Å². The third kappa shape index (κ3) is 4.14. The summed E-state index contributed by atoms with van der Waals surface area (Å²) in [5.74, 6) is 0.415. The monoisotopic (exact) mass is 489 g/mol. The van der Waals surface area contributed by atoms with E-state index in [1.165, 1.54) is 16.2 Å². The minimum Gasteiger partial charge on any atom is -0.493 e. The number of hydrogen-bond donors (Lipinski definition) is 4. The summed E-state index contributed by atoms with van der Waals surface area (Å²) in [5.41, 5.74) is 0.576. The molecule has 12 nitrogen and oxygen atoms in total. The number of benzene rings is 2. The molecular weight excluding hydrogens is 466 g/mol. The molecular formula is C24H23N7O5. The Kier molecular flexibility index (Phi) is 5.86. The van der Waals surface area contributed by atoms with Crippen molar-refractivity contribution in [1.29, 1.82) is 0 Å². The average Bonchev–Trinajstić information content (AvgIpc) is 3.37. The zero-order chi connectivity index (χ0) is 25.4. The van der Waals surface area contributed by atoms with Crippen LogP contribution in [-0.4, -0.2) is 47.0 Å². The number of hydrogen-bond acceptors (Lipinski definition) is 8. The Morgan fingerprint density at radius 1 is 1.08 bits per heavy atom. The number of nitrogens with one attached hydrogen (secondary N) is 2. The third-order valence-electron chi connectivity index (χ3n) is 5.80. The Balaban J connectivity index is 1.53. The minimum atomic E-state index is -1.05. The van der Waals surface area contributed by atoms with E-state index < -0.39 is 17.4 Å². The molecule has 2 aromatic carbocycles. The van der Waals surface area contributed by atoms with Crippen LogP contribution in [0, 0.1) is 6.92 Å². The summed E-state index contributed by atoms with van der Waals surface area (Å²) in [6.45, 7) is 1.72. The molecule has 0 amide bonds. The molecule has 3 aromatic heterocycles. The van der Waals surface area contributed by atoms with Crippen LogP contribution in [0.5, 0.6) is 11.6 Å². The van der Waals surface area contributed by atoms with Gasteiger partial charge in [-0.1, -0.05) is 36.4 Å². The highest BCUT2D eigenvalue weighted by Crippen LogP contribution is 2.36. The highest BCUT2D eigenvalue weighted by atomic mass is 16.5. The molecule has 12 heteroatoms. The van der Waals surface area contributed by atoms with Crippen LogP contribution in [0.1, 0.15) is 5.56 Å². The molecule has 0 fully saturated rings. The number of ether oxygens (including phenoxy) is 1. The Morgan fingerprint density at radius 2 is 1.83 bits per heavy atom. The van der Waals surface area contributed by atoms with Crippen LogP contribution < -0.4 is 16.0 Å². The highest BCUT2D eigenvalue weighted by molar-refractivity contribution is 5.94. The molecule has 5 rings (SSSR count). The lowest BCUT2D eigenvalue weighted by atomic mass is 10.2. The minimum absolute atomic E-state index is 0.0312. The molecule has 0 aliphatic rings. The van der Waals surface area contributed by atoms with Gasteiger partial charge in [0.1, 0.15) is 18.5 Å². The number of H-pyrrole nitrogens is 2. The van der Waals surface area contributed by atoms with Crippen molar-refractivity contribution >= 4 is 33.7 Å². The molecule has 0 saturated carbocycles. The van der Waals surface area contributed by atoms with Gasteiger partial charge in [0.2, 0.25) is 5.88 Å². The van der Waals surface area contributed by atoms with Crippen LogP contribution >= 0.6 is 0 Å². The molecule has 0 saturated heterocycles. The van der Waals surface area contributed by atoms with E-state index in [1.807, 2.05) is 31.2 Å². The van der Waals surface area contributed by atoms with E-state index in [0.717, 1.165) is 5.56 Å². The largest absolute Gasteiger partial charge is 0.493 e. The van der Waals surface area contributed by atoms with Gasteiger partial charge >= 0.3 is 5.69 Å². The van der Waals surface area contributed by atoms with E-state index in [2.05, 4.69) is 25.2 Å². The Labute approximate surface area is 203 Å². The molecule has 4 N–H and O–H groups in total. The first-order valence-electron chi connectivity index (χ1n) is 11.1. The number of azo groups is 1. The number of aliphatic hydroxyl groups excluding tert-OH is 1. The molecule has 0 aliphatic carbocycles. The highest BCUT2D eigenvalue weighted by Gasteiger charge is 2.20. The first-order chi connectivity index (χ1) is 17.3. The number of rotatable bonds is 7. The van der Waals surface area contributed by atoms with Crippen molar-refractivity contribution in [3.63, 3.8) is 0 Å². The van der Waals surface area contributed by atoms with Crippen LogP contribution in [0.2, 0.25) is 0 Å². The maximum absolute atomic E-state index is 12.7. The molecule has 3 heterocycles. The lowest BCUT2D eigenvalue weighted by molar-refractivity contribution is 0.0934. The van der Waals surface area contributed by atoms with Gasteiger partial charge in [-0.25, -0.2) is 4.79 Å². The number of aromatic nitrogens is 5. The summed E-state index contributed by atoms with van der Waals surface area (Å²) < 4.78 is 8.28. The Bertz CT molecular complexity index is 1730. The van der Waals surface area contributed by atoms with Gasteiger partial charge in [-0.15, -0.1) is 10.2 Å². The number of imidazole rings is 1. The fourth-order valence-electron chi connectivity index (χ4n) is 3.95. The predicted octanol–water partition coefficient (Wildman–Crippen LogP) is 2.77. The van der Waals surface area contributed by atoms with Crippen molar-refractivity contribution in [2.24, 2.45) is 17.3 Å². The van der Waals surface area contributed by atoms with Crippen LogP contribution in [0.4, 0.5) is 11.6 Å². The van der Waals surface area contributed by atoms with Crippen LogP contribution in [0.3, 0.4) is 0 Å². The Morgan fingerprint density at radius 3 is 2.64 bits per heavy atom. The fraction of sp³-hybridized carbons (Fsp3) is 0.208. The number of aromatic amines is 2. The van der Waals surface area contributed by atoms with Crippen LogP contribution in [-0.2, 0) is 13.6 Å². The van der Waals surface area contributed by atoms with E-state index in [-0.39, 0.29) is 41.8 Å². The maximum atomic E-state index is 12.7. The number of aryl methyl sites for hydroxylation is 2. The number of aliphatic hydroxyl groups is 1. The van der Waals surface area contributed by atoms with Gasteiger partial charge < -0.3 is 19.9 Å². The van der Waals surface area contributed by atoms with Gasteiger partial charge in [0.15, 0.2) is 16.9 Å². The molecule has 184 valence electrons. The van der Waals surface area contributed by atoms with Gasteiger partial charge in [-0.05, 0) is 24.6 Å². The zero-order valence-electron chi connectivity index (χ0n) is 19.5. The van der Waals surface area contributed by atoms with Crippen molar-refractivity contribution in [2.75, 3.05) is 6.61 Å². The summed E-state index contributed by atoms with van der Waals surface area (Å²) >= 11 is 0. The molecule has 0 radical (unpaired) electrons. The van der Waals surface area contributed by atoms with Crippen LogP contribution in [0.15, 0.2) is 68.3 Å². The first kappa shape index (κ1) is 23.1.